The second kappa shape index (κ2) is 14.4. The van der Waals surface area contributed by atoms with Gasteiger partial charge in [-0.2, -0.15) is 4.31 Å². The Morgan fingerprint density at radius 3 is 2.18 bits per heavy atom. The van der Waals surface area contributed by atoms with Gasteiger partial charge in [-0.05, 0) is 54.3 Å². The Morgan fingerprint density at radius 1 is 0.800 bits per heavy atom. The molecule has 4 aromatic carbocycles. The molecule has 1 aliphatic heterocycles. The molecule has 1 aliphatic rings. The minimum absolute atomic E-state index is 0.0333. The SMILES string of the molecule is Cc1ccc(CN(Cc2cccc(CCC(=O)N3CCN(c4ccccc4Cl)CC3)c2)S(=O)(=O)c2cc(Cl)cc(Cl)c2O)cc1. The van der Waals surface area contributed by atoms with Crippen molar-refractivity contribution in [3.05, 3.63) is 122 Å². The third kappa shape index (κ3) is 8.12. The van der Waals surface area contributed by atoms with Crippen LogP contribution in [-0.4, -0.2) is 54.8 Å². The number of carbonyl (C=O) groups is 1. The first-order valence-electron chi connectivity index (χ1n) is 14.6. The number of sulfonamides is 1. The van der Waals surface area contributed by atoms with Gasteiger partial charge in [-0.25, -0.2) is 8.42 Å². The molecular formula is C34H34Cl3N3O4S. The summed E-state index contributed by atoms with van der Waals surface area (Å²) in [7, 11) is -4.22. The van der Waals surface area contributed by atoms with Crippen LogP contribution in [-0.2, 0) is 34.3 Å². The highest BCUT2D eigenvalue weighted by atomic mass is 35.5. The lowest BCUT2D eigenvalue weighted by Crippen LogP contribution is -2.48. The van der Waals surface area contributed by atoms with Crippen LogP contribution >= 0.6 is 34.8 Å². The number of aromatic hydroxyl groups is 1. The zero-order chi connectivity index (χ0) is 32.1. The van der Waals surface area contributed by atoms with Crippen molar-refractivity contribution in [1.82, 2.24) is 9.21 Å². The van der Waals surface area contributed by atoms with Crippen LogP contribution in [0.25, 0.3) is 0 Å². The summed E-state index contributed by atoms with van der Waals surface area (Å²) in [5.41, 5.74) is 4.49. The first kappa shape index (κ1) is 33.1. The molecule has 1 N–H and O–H groups in total. The van der Waals surface area contributed by atoms with Crippen molar-refractivity contribution >= 4 is 56.4 Å². The quantitative estimate of drug-likeness (QED) is 0.189. The molecule has 0 atom stereocenters. The molecule has 5 rings (SSSR count). The van der Waals surface area contributed by atoms with Gasteiger partial charge in [0, 0.05) is 50.7 Å². The van der Waals surface area contributed by atoms with Crippen molar-refractivity contribution in [2.45, 2.75) is 37.8 Å². The lowest BCUT2D eigenvalue weighted by Gasteiger charge is -2.36. The molecule has 0 saturated carbocycles. The number of anilines is 1. The van der Waals surface area contributed by atoms with Crippen LogP contribution < -0.4 is 4.90 Å². The van der Waals surface area contributed by atoms with Crippen molar-refractivity contribution in [2.75, 3.05) is 31.1 Å². The summed E-state index contributed by atoms with van der Waals surface area (Å²) in [6.45, 7) is 4.72. The van der Waals surface area contributed by atoms with E-state index in [4.69, 9.17) is 34.8 Å². The minimum Gasteiger partial charge on any atom is -0.505 e. The Balaban J connectivity index is 1.28. The maximum absolute atomic E-state index is 13.9. The van der Waals surface area contributed by atoms with Gasteiger partial charge in [0.25, 0.3) is 0 Å². The molecule has 1 saturated heterocycles. The average molecular weight is 687 g/mol. The summed E-state index contributed by atoms with van der Waals surface area (Å²) in [6.07, 6.45) is 0.864. The Kier molecular flexibility index (Phi) is 10.6. The molecule has 11 heteroatoms. The molecule has 0 bridgehead atoms. The summed E-state index contributed by atoms with van der Waals surface area (Å²) in [6, 6.07) is 25.4. The maximum atomic E-state index is 13.9. The number of phenolic OH excluding ortho intramolecular Hbond substituents is 1. The van der Waals surface area contributed by atoms with E-state index in [1.165, 1.54) is 16.4 Å². The topological polar surface area (TPSA) is 81.2 Å². The molecule has 4 aromatic rings. The van der Waals surface area contributed by atoms with Gasteiger partial charge < -0.3 is 14.9 Å². The number of benzene rings is 4. The Labute approximate surface area is 279 Å². The number of amides is 1. The number of para-hydroxylation sites is 1. The predicted molar refractivity (Wildman–Crippen MR) is 181 cm³/mol. The molecule has 0 spiro atoms. The van der Waals surface area contributed by atoms with Gasteiger partial charge in [0.05, 0.1) is 15.7 Å². The molecule has 0 aromatic heterocycles. The van der Waals surface area contributed by atoms with E-state index in [1.807, 2.05) is 84.6 Å². The molecule has 236 valence electrons. The van der Waals surface area contributed by atoms with Crippen LogP contribution in [0.5, 0.6) is 5.75 Å². The van der Waals surface area contributed by atoms with Gasteiger partial charge in [-0.15, -0.1) is 0 Å². The molecule has 45 heavy (non-hydrogen) atoms. The summed E-state index contributed by atoms with van der Waals surface area (Å²) in [5, 5.41) is 11.3. The second-order valence-electron chi connectivity index (χ2n) is 11.1. The lowest BCUT2D eigenvalue weighted by atomic mass is 10.1. The van der Waals surface area contributed by atoms with Crippen molar-refractivity contribution < 1.29 is 18.3 Å². The van der Waals surface area contributed by atoms with E-state index in [9.17, 15) is 18.3 Å². The van der Waals surface area contributed by atoms with E-state index in [0.717, 1.165) is 27.9 Å². The zero-order valence-electron chi connectivity index (χ0n) is 24.8. The highest BCUT2D eigenvalue weighted by molar-refractivity contribution is 7.89. The monoisotopic (exact) mass is 685 g/mol. The summed E-state index contributed by atoms with van der Waals surface area (Å²) in [5.74, 6) is -0.467. The molecular weight excluding hydrogens is 653 g/mol. The third-order valence-corrected chi connectivity index (χ3v) is 10.5. The lowest BCUT2D eigenvalue weighted by molar-refractivity contribution is -0.131. The highest BCUT2D eigenvalue weighted by Gasteiger charge is 2.30. The van der Waals surface area contributed by atoms with Gasteiger partial charge in [-0.1, -0.05) is 101 Å². The second-order valence-corrected chi connectivity index (χ2v) is 14.3. The smallest absolute Gasteiger partial charge is 0.247 e. The largest absolute Gasteiger partial charge is 0.505 e. The molecule has 0 unspecified atom stereocenters. The summed E-state index contributed by atoms with van der Waals surface area (Å²) < 4.78 is 29.2. The van der Waals surface area contributed by atoms with Crippen LogP contribution in [0.15, 0.2) is 89.8 Å². The van der Waals surface area contributed by atoms with Crippen molar-refractivity contribution in [3.63, 3.8) is 0 Å². The third-order valence-electron chi connectivity index (χ3n) is 7.89. The van der Waals surface area contributed by atoms with E-state index in [-0.39, 0.29) is 33.9 Å². The number of hydrogen-bond donors (Lipinski definition) is 1. The van der Waals surface area contributed by atoms with Crippen LogP contribution in [0.2, 0.25) is 15.1 Å². The number of halogens is 3. The fraction of sp³-hybridized carbons (Fsp3) is 0.265. The van der Waals surface area contributed by atoms with Gasteiger partial charge >= 0.3 is 0 Å². The van der Waals surface area contributed by atoms with Crippen LogP contribution in [0.4, 0.5) is 5.69 Å². The fourth-order valence-corrected chi connectivity index (χ4v) is 7.82. The molecule has 1 fully saturated rings. The number of nitrogens with zero attached hydrogens (tertiary/aromatic N) is 3. The van der Waals surface area contributed by atoms with Gasteiger partial charge in [0.15, 0.2) is 5.75 Å². The zero-order valence-corrected chi connectivity index (χ0v) is 27.9. The molecule has 0 radical (unpaired) electrons. The summed E-state index contributed by atoms with van der Waals surface area (Å²) in [4.78, 5) is 16.8. The fourth-order valence-electron chi connectivity index (χ4n) is 5.40. The Hall–Kier alpha value is -3.27. The number of phenols is 1. The molecule has 1 heterocycles. The van der Waals surface area contributed by atoms with Crippen LogP contribution in [0.1, 0.15) is 28.7 Å². The number of piperazine rings is 1. The first-order chi connectivity index (χ1) is 21.5. The molecule has 1 amide bonds. The minimum atomic E-state index is -4.22. The van der Waals surface area contributed by atoms with E-state index >= 15 is 0 Å². The predicted octanol–water partition coefficient (Wildman–Crippen LogP) is 7.33. The van der Waals surface area contributed by atoms with Gasteiger partial charge in [0.2, 0.25) is 15.9 Å². The Morgan fingerprint density at radius 2 is 1.47 bits per heavy atom. The van der Waals surface area contributed by atoms with Gasteiger partial charge in [-0.3, -0.25) is 4.79 Å². The number of hydrogen-bond acceptors (Lipinski definition) is 5. The maximum Gasteiger partial charge on any atom is 0.247 e. The van der Waals surface area contributed by atoms with Gasteiger partial charge in [0.1, 0.15) is 4.90 Å². The normalized spacial score (nSPS) is 13.8. The summed E-state index contributed by atoms with van der Waals surface area (Å²) >= 11 is 18.6. The van der Waals surface area contributed by atoms with E-state index in [1.54, 1.807) is 0 Å². The van der Waals surface area contributed by atoms with Crippen molar-refractivity contribution in [2.24, 2.45) is 0 Å². The van der Waals surface area contributed by atoms with E-state index in [2.05, 4.69) is 4.90 Å². The number of carbonyl (C=O) groups excluding carboxylic acids is 1. The number of rotatable bonds is 10. The van der Waals surface area contributed by atoms with E-state index in [0.29, 0.717) is 44.0 Å². The van der Waals surface area contributed by atoms with Crippen LogP contribution in [0.3, 0.4) is 0 Å². The molecule has 7 nitrogen and oxygen atoms in total. The van der Waals surface area contributed by atoms with Crippen molar-refractivity contribution in [1.29, 1.82) is 0 Å². The van der Waals surface area contributed by atoms with Crippen molar-refractivity contribution in [3.8, 4) is 5.75 Å². The standard InChI is InChI=1S/C34H34Cl3N3O4S/c1-24-9-11-26(12-10-24)22-40(45(43,44)32-21-28(35)20-30(37)34(32)42)23-27-6-4-5-25(19-27)13-14-33(41)39-17-15-38(16-18-39)31-8-3-2-7-29(31)36/h2-12,19-21,42H,13-18,22-23H2,1H3. The van der Waals surface area contributed by atoms with Crippen LogP contribution in [0, 0.1) is 6.92 Å². The highest BCUT2D eigenvalue weighted by Crippen LogP contribution is 2.36. The number of aryl methyl sites for hydroxylation is 2. The molecule has 0 aliphatic carbocycles. The first-order valence-corrected chi connectivity index (χ1v) is 17.2. The average Bonchev–Trinajstić information content (AvgIpc) is 3.03. The Bertz CT molecular complexity index is 1780. The van der Waals surface area contributed by atoms with E-state index < -0.39 is 15.8 Å².